The van der Waals surface area contributed by atoms with Crippen molar-refractivity contribution in [3.05, 3.63) is 47.2 Å². The second kappa shape index (κ2) is 12.1. The van der Waals surface area contributed by atoms with Crippen molar-refractivity contribution in [3.8, 4) is 10.4 Å². The zero-order valence-corrected chi connectivity index (χ0v) is 30.9. The van der Waals surface area contributed by atoms with Crippen LogP contribution in [0, 0.1) is 12.8 Å². The van der Waals surface area contributed by atoms with E-state index in [4.69, 9.17) is 14.4 Å². The molecule has 4 heterocycles. The number of carbonyl (C=O) groups is 2. The minimum absolute atomic E-state index is 0.00853. The van der Waals surface area contributed by atoms with E-state index in [1.165, 1.54) is 18.4 Å². The summed E-state index contributed by atoms with van der Waals surface area (Å²) in [6, 6.07) is 9.04. The normalized spacial score (nSPS) is 19.4. The van der Waals surface area contributed by atoms with Crippen LogP contribution in [0.5, 0.6) is 0 Å². The highest BCUT2D eigenvalue weighted by Gasteiger charge is 2.43. The van der Waals surface area contributed by atoms with Crippen LogP contribution in [0.4, 0.5) is 16.8 Å². The molecule has 1 aromatic carbocycles. The molecule has 47 heavy (non-hydrogen) atoms. The van der Waals surface area contributed by atoms with Crippen molar-refractivity contribution < 1.29 is 22.4 Å². The highest BCUT2D eigenvalue weighted by molar-refractivity contribution is 7.89. The van der Waals surface area contributed by atoms with Crippen LogP contribution in [-0.4, -0.2) is 69.2 Å². The van der Waals surface area contributed by atoms with E-state index in [9.17, 15) is 18.0 Å². The molecule has 1 saturated heterocycles. The number of carbonyl (C=O) groups excluding carboxylic acids is 2. The lowest BCUT2D eigenvalue weighted by atomic mass is 10.0. The number of amides is 2. The van der Waals surface area contributed by atoms with E-state index in [-0.39, 0.29) is 39.5 Å². The number of rotatable bonds is 10. The fraction of sp³-hybridized carbons (Fsp3) is 0.515. The number of benzene rings is 1. The van der Waals surface area contributed by atoms with Gasteiger partial charge in [-0.15, -0.1) is 0 Å². The van der Waals surface area contributed by atoms with Crippen molar-refractivity contribution in [2.75, 3.05) is 23.8 Å². The van der Waals surface area contributed by atoms with Crippen molar-refractivity contribution in [2.45, 2.75) is 95.6 Å². The lowest BCUT2D eigenvalue weighted by molar-refractivity contribution is -0.117. The Kier molecular flexibility index (Phi) is 8.65. The smallest absolute Gasteiger partial charge is 0.256 e. The Morgan fingerprint density at radius 1 is 1.13 bits per heavy atom. The van der Waals surface area contributed by atoms with Gasteiger partial charge in [0.25, 0.3) is 5.91 Å². The fourth-order valence-electron chi connectivity index (χ4n) is 6.09. The minimum atomic E-state index is -3.91. The second-order valence-electron chi connectivity index (χ2n) is 14.4. The average molecular weight is 697 g/mol. The summed E-state index contributed by atoms with van der Waals surface area (Å²) >= 11 is 1.38. The van der Waals surface area contributed by atoms with Gasteiger partial charge in [-0.3, -0.25) is 14.5 Å². The molecule has 0 spiro atoms. The first-order chi connectivity index (χ1) is 22.0. The predicted octanol–water partition coefficient (Wildman–Crippen LogP) is 6.05. The molecule has 6 rings (SSSR count). The van der Waals surface area contributed by atoms with E-state index in [0.29, 0.717) is 59.0 Å². The van der Waals surface area contributed by atoms with Crippen LogP contribution in [0.25, 0.3) is 10.4 Å². The van der Waals surface area contributed by atoms with Crippen LogP contribution in [0.1, 0.15) is 68.6 Å². The SMILES string of the molecule is CNS(=O)(=O)c1cc(-c2sc(Nc3cccc(N4C[C@H](O[Si](C)(C)C(C)(C)C)CC4=O)n3)nc2C)cc2c1C(=O)N(C(C)C1CC1)C2. The van der Waals surface area contributed by atoms with Crippen molar-refractivity contribution in [3.63, 3.8) is 0 Å². The number of pyridine rings is 1. The summed E-state index contributed by atoms with van der Waals surface area (Å²) in [5, 5.41) is 3.90. The number of hydrogen-bond donors (Lipinski definition) is 2. The van der Waals surface area contributed by atoms with Crippen LogP contribution >= 0.6 is 11.3 Å². The number of hydrogen-bond acceptors (Lipinski definition) is 9. The summed E-state index contributed by atoms with van der Waals surface area (Å²) in [4.78, 5) is 40.3. The van der Waals surface area contributed by atoms with Crippen LogP contribution in [0.3, 0.4) is 0 Å². The molecule has 2 amide bonds. The summed E-state index contributed by atoms with van der Waals surface area (Å²) in [6.07, 6.45) is 2.33. The van der Waals surface area contributed by atoms with Crippen molar-refractivity contribution in [1.29, 1.82) is 0 Å². The van der Waals surface area contributed by atoms with Gasteiger partial charge in [-0.2, -0.15) is 0 Å². The molecule has 11 nitrogen and oxygen atoms in total. The van der Waals surface area contributed by atoms with Gasteiger partial charge in [0.05, 0.1) is 40.1 Å². The molecule has 2 fully saturated rings. The molecule has 252 valence electrons. The number of aromatic nitrogens is 2. The molecule has 0 radical (unpaired) electrons. The maximum Gasteiger partial charge on any atom is 0.256 e. The number of anilines is 3. The Morgan fingerprint density at radius 3 is 2.51 bits per heavy atom. The van der Waals surface area contributed by atoms with E-state index >= 15 is 0 Å². The van der Waals surface area contributed by atoms with E-state index in [2.05, 4.69) is 43.9 Å². The summed E-state index contributed by atoms with van der Waals surface area (Å²) in [6.45, 7) is 15.7. The minimum Gasteiger partial charge on any atom is -0.412 e. The van der Waals surface area contributed by atoms with Gasteiger partial charge < -0.3 is 14.6 Å². The van der Waals surface area contributed by atoms with Crippen LogP contribution < -0.4 is 14.9 Å². The second-order valence-corrected chi connectivity index (χ2v) is 22.0. The highest BCUT2D eigenvalue weighted by atomic mass is 32.2. The predicted molar refractivity (Wildman–Crippen MR) is 187 cm³/mol. The van der Waals surface area contributed by atoms with Gasteiger partial charge >= 0.3 is 0 Å². The van der Waals surface area contributed by atoms with Crippen LogP contribution in [0.2, 0.25) is 18.1 Å². The summed E-state index contributed by atoms with van der Waals surface area (Å²) < 4.78 is 35.3. The van der Waals surface area contributed by atoms with Crippen LogP contribution in [-0.2, 0) is 25.8 Å². The molecule has 3 aromatic rings. The van der Waals surface area contributed by atoms with E-state index in [1.54, 1.807) is 15.9 Å². The molecule has 2 aliphatic heterocycles. The van der Waals surface area contributed by atoms with Crippen molar-refractivity contribution in [1.82, 2.24) is 19.6 Å². The zero-order valence-electron chi connectivity index (χ0n) is 28.3. The van der Waals surface area contributed by atoms with Gasteiger partial charge in [-0.1, -0.05) is 38.2 Å². The van der Waals surface area contributed by atoms with Gasteiger partial charge in [0.15, 0.2) is 13.4 Å². The Bertz CT molecular complexity index is 1850. The number of thiazole rings is 1. The van der Waals surface area contributed by atoms with E-state index in [1.807, 2.05) is 38.1 Å². The maximum absolute atomic E-state index is 13.5. The lowest BCUT2D eigenvalue weighted by Gasteiger charge is -2.38. The Labute approximate surface area is 282 Å². The van der Waals surface area contributed by atoms with E-state index < -0.39 is 18.3 Å². The third kappa shape index (κ3) is 6.50. The quantitative estimate of drug-likeness (QED) is 0.245. The number of nitrogens with zero attached hydrogens (tertiary/aromatic N) is 4. The molecule has 1 unspecified atom stereocenters. The number of aryl methyl sites for hydroxylation is 1. The number of fused-ring (bicyclic) bond motifs is 1. The summed E-state index contributed by atoms with van der Waals surface area (Å²) in [5.74, 6) is 1.29. The topological polar surface area (TPSA) is 134 Å². The number of sulfonamides is 1. The molecule has 2 atom stereocenters. The lowest BCUT2D eigenvalue weighted by Crippen LogP contribution is -2.44. The van der Waals surface area contributed by atoms with Crippen LogP contribution in [0.15, 0.2) is 35.2 Å². The molecule has 14 heteroatoms. The average Bonchev–Trinajstić information content (AvgIpc) is 3.59. The molecule has 0 bridgehead atoms. The molecule has 1 saturated carbocycles. The molecule has 2 aromatic heterocycles. The van der Waals surface area contributed by atoms with Crippen molar-refractivity contribution >= 4 is 58.3 Å². The molecule has 3 aliphatic rings. The van der Waals surface area contributed by atoms with Gasteiger partial charge in [0.1, 0.15) is 11.6 Å². The first-order valence-corrected chi connectivity index (χ1v) is 21.3. The Balaban J connectivity index is 1.24. The first kappa shape index (κ1) is 33.7. The molecular weight excluding hydrogens is 653 g/mol. The Morgan fingerprint density at radius 2 is 1.85 bits per heavy atom. The third-order valence-corrected chi connectivity index (χ3v) is 17.1. The zero-order chi connectivity index (χ0) is 34.1. The maximum atomic E-state index is 13.5. The Hall–Kier alpha value is -3.17. The summed E-state index contributed by atoms with van der Waals surface area (Å²) in [5.41, 5.74) is 2.36. The monoisotopic (exact) mass is 696 g/mol. The largest absolute Gasteiger partial charge is 0.412 e. The van der Waals surface area contributed by atoms with Gasteiger partial charge in [0.2, 0.25) is 15.9 Å². The van der Waals surface area contributed by atoms with Gasteiger partial charge in [-0.25, -0.2) is 23.1 Å². The molecule has 1 aliphatic carbocycles. The van der Waals surface area contributed by atoms with E-state index in [0.717, 1.165) is 17.7 Å². The fourth-order valence-corrected chi connectivity index (χ4v) is 9.39. The third-order valence-electron chi connectivity index (χ3n) is 10.0. The molecular formula is C33H44N6O5S2Si. The van der Waals surface area contributed by atoms with Gasteiger partial charge in [-0.05, 0) is 93.2 Å². The van der Waals surface area contributed by atoms with Gasteiger partial charge in [0, 0.05) is 12.6 Å². The summed E-state index contributed by atoms with van der Waals surface area (Å²) in [7, 11) is -4.59. The van der Waals surface area contributed by atoms with Crippen molar-refractivity contribution in [2.24, 2.45) is 5.92 Å². The number of nitrogens with one attached hydrogen (secondary N) is 2. The standard InChI is InChI=1S/C33H44N6O5S2Si/c1-19-30(22-14-23-17-38(20(2)21-12-13-21)31(41)29(23)25(15-22)46(42,43)34-6)45-32(35-19)37-26-10-9-11-27(36-26)39-18-24(16-28(39)40)44-47(7,8)33(3,4)5/h9-11,14-15,20-21,24,34H,12-13,16-18H2,1-8H3,(H,35,36,37)/t20?,24-/m1/s1. The first-order valence-electron chi connectivity index (χ1n) is 16.1. The highest BCUT2D eigenvalue weighted by Crippen LogP contribution is 2.43. The molecule has 2 N–H and O–H groups in total.